The van der Waals surface area contributed by atoms with E-state index in [1.807, 2.05) is 20.8 Å². The predicted octanol–water partition coefficient (Wildman–Crippen LogP) is 2.72. The van der Waals surface area contributed by atoms with Gasteiger partial charge in [-0.15, -0.1) is 0 Å². The van der Waals surface area contributed by atoms with E-state index < -0.39 is 29.8 Å². The van der Waals surface area contributed by atoms with Crippen molar-refractivity contribution in [1.29, 1.82) is 0 Å². The van der Waals surface area contributed by atoms with E-state index in [2.05, 4.69) is 5.32 Å². The lowest BCUT2D eigenvalue weighted by atomic mass is 9.67. The summed E-state index contributed by atoms with van der Waals surface area (Å²) in [6, 6.07) is 2.22. The third-order valence-electron chi connectivity index (χ3n) is 7.04. The average molecular weight is 445 g/mol. The smallest absolute Gasteiger partial charge is 0.407 e. The summed E-state index contributed by atoms with van der Waals surface area (Å²) < 4.78 is 15.3. The SMILES string of the molecule is CC(C)(C)C1CN(C(=O)O)CCC1c1cc2c(cc1F)C(=O)N(C1CCC(=O)NC1=O)C2. The van der Waals surface area contributed by atoms with Crippen molar-refractivity contribution < 1.29 is 28.7 Å². The third kappa shape index (κ3) is 3.84. The summed E-state index contributed by atoms with van der Waals surface area (Å²) in [5.41, 5.74) is 1.14. The van der Waals surface area contributed by atoms with Gasteiger partial charge in [0.2, 0.25) is 11.8 Å². The van der Waals surface area contributed by atoms with Crippen LogP contribution >= 0.6 is 0 Å². The summed E-state index contributed by atoms with van der Waals surface area (Å²) >= 11 is 0. The van der Waals surface area contributed by atoms with Gasteiger partial charge in [-0.2, -0.15) is 0 Å². The average Bonchev–Trinajstić information content (AvgIpc) is 3.02. The molecule has 0 bridgehead atoms. The number of piperidine rings is 2. The van der Waals surface area contributed by atoms with Gasteiger partial charge in [-0.3, -0.25) is 19.7 Å². The quantitative estimate of drug-likeness (QED) is 0.681. The molecule has 2 fully saturated rings. The molecule has 1 aromatic carbocycles. The zero-order chi connectivity index (χ0) is 23.4. The number of carbonyl (C=O) groups is 4. The van der Waals surface area contributed by atoms with Crippen LogP contribution in [0, 0.1) is 17.2 Å². The van der Waals surface area contributed by atoms with Gasteiger partial charge in [0.25, 0.3) is 5.91 Å². The lowest BCUT2D eigenvalue weighted by Gasteiger charge is -2.44. The molecule has 3 unspecified atom stereocenters. The molecule has 2 N–H and O–H groups in total. The molecular formula is C23H28FN3O5. The van der Waals surface area contributed by atoms with Gasteiger partial charge in [-0.1, -0.05) is 26.8 Å². The largest absolute Gasteiger partial charge is 0.465 e. The maximum absolute atomic E-state index is 15.3. The second-order valence-electron chi connectivity index (χ2n) is 10.0. The Labute approximate surface area is 185 Å². The predicted molar refractivity (Wildman–Crippen MR) is 112 cm³/mol. The second-order valence-corrected chi connectivity index (χ2v) is 10.0. The van der Waals surface area contributed by atoms with E-state index in [4.69, 9.17) is 0 Å². The summed E-state index contributed by atoms with van der Waals surface area (Å²) in [6.07, 6.45) is -0.0719. The summed E-state index contributed by atoms with van der Waals surface area (Å²) in [5.74, 6) is -2.03. The van der Waals surface area contributed by atoms with E-state index in [-0.39, 0.29) is 48.1 Å². The number of hydrogen-bond donors (Lipinski definition) is 2. The maximum Gasteiger partial charge on any atom is 0.407 e. The zero-order valence-corrected chi connectivity index (χ0v) is 18.5. The number of carbonyl (C=O) groups excluding carboxylic acids is 3. The Balaban J connectivity index is 1.64. The van der Waals surface area contributed by atoms with Gasteiger partial charge >= 0.3 is 6.09 Å². The fraction of sp³-hybridized carbons (Fsp3) is 0.565. The van der Waals surface area contributed by atoms with Crippen LogP contribution in [0.25, 0.3) is 0 Å². The highest BCUT2D eigenvalue weighted by Gasteiger charge is 2.43. The van der Waals surface area contributed by atoms with Gasteiger partial charge < -0.3 is 14.9 Å². The van der Waals surface area contributed by atoms with E-state index in [1.165, 1.54) is 15.9 Å². The number of rotatable bonds is 2. The van der Waals surface area contributed by atoms with Crippen molar-refractivity contribution in [3.63, 3.8) is 0 Å². The number of imide groups is 1. The van der Waals surface area contributed by atoms with E-state index in [0.29, 0.717) is 30.6 Å². The molecule has 3 aliphatic heterocycles. The number of fused-ring (bicyclic) bond motifs is 1. The van der Waals surface area contributed by atoms with Gasteiger partial charge in [0.05, 0.1) is 0 Å². The van der Waals surface area contributed by atoms with Crippen LogP contribution in [0.1, 0.15) is 67.4 Å². The Hall–Kier alpha value is -2.97. The molecule has 172 valence electrons. The molecular weight excluding hydrogens is 417 g/mol. The number of likely N-dealkylation sites (tertiary alicyclic amines) is 1. The van der Waals surface area contributed by atoms with Crippen molar-refractivity contribution in [1.82, 2.24) is 15.1 Å². The topological polar surface area (TPSA) is 107 Å². The standard InChI is InChI=1S/C23H28FN3O5/c1-23(2,3)16-11-26(22(31)32)7-6-13(16)15-8-12-10-27(21(30)14(12)9-17(15)24)18-4-5-19(28)25-20(18)29/h8-9,13,16,18H,4-7,10-11H2,1-3H3,(H,31,32)(H,25,28,29). The van der Waals surface area contributed by atoms with Crippen LogP contribution in [0.3, 0.4) is 0 Å². The molecule has 3 atom stereocenters. The van der Waals surface area contributed by atoms with E-state index >= 15 is 4.39 Å². The number of hydrogen-bond acceptors (Lipinski definition) is 4. The number of amides is 4. The monoisotopic (exact) mass is 445 g/mol. The van der Waals surface area contributed by atoms with Gasteiger partial charge in [0.15, 0.2) is 0 Å². The minimum Gasteiger partial charge on any atom is -0.465 e. The Morgan fingerprint density at radius 2 is 1.91 bits per heavy atom. The fourth-order valence-electron chi connectivity index (χ4n) is 5.27. The number of nitrogens with zero attached hydrogens (tertiary/aromatic N) is 2. The van der Waals surface area contributed by atoms with Crippen molar-refractivity contribution >= 4 is 23.8 Å². The van der Waals surface area contributed by atoms with Gasteiger partial charge in [0.1, 0.15) is 11.9 Å². The van der Waals surface area contributed by atoms with Gasteiger partial charge in [-0.05, 0) is 47.3 Å². The van der Waals surface area contributed by atoms with Crippen LogP contribution in [0.5, 0.6) is 0 Å². The van der Waals surface area contributed by atoms with Crippen molar-refractivity contribution in [3.8, 4) is 0 Å². The molecule has 0 saturated carbocycles. The molecule has 9 heteroatoms. The summed E-state index contributed by atoms with van der Waals surface area (Å²) in [5, 5.41) is 11.7. The normalized spacial score (nSPS) is 26.2. The van der Waals surface area contributed by atoms with Crippen LogP contribution in [0.4, 0.5) is 9.18 Å². The molecule has 3 heterocycles. The Morgan fingerprint density at radius 3 is 2.53 bits per heavy atom. The highest BCUT2D eigenvalue weighted by atomic mass is 19.1. The van der Waals surface area contributed by atoms with Crippen LogP contribution < -0.4 is 5.32 Å². The molecule has 0 aliphatic carbocycles. The van der Waals surface area contributed by atoms with Crippen LogP contribution in [-0.2, 0) is 16.1 Å². The van der Waals surface area contributed by atoms with Crippen LogP contribution in [0.15, 0.2) is 12.1 Å². The van der Waals surface area contributed by atoms with Crippen molar-refractivity contribution in [2.75, 3.05) is 13.1 Å². The highest BCUT2D eigenvalue weighted by molar-refractivity contribution is 6.05. The summed E-state index contributed by atoms with van der Waals surface area (Å²) in [7, 11) is 0. The van der Waals surface area contributed by atoms with Crippen LogP contribution in [-0.4, -0.2) is 57.9 Å². The zero-order valence-electron chi connectivity index (χ0n) is 18.5. The fourth-order valence-corrected chi connectivity index (χ4v) is 5.27. The number of nitrogens with one attached hydrogen (secondary N) is 1. The first-order valence-corrected chi connectivity index (χ1v) is 10.9. The van der Waals surface area contributed by atoms with E-state index in [1.54, 1.807) is 6.07 Å². The van der Waals surface area contributed by atoms with Crippen molar-refractivity contribution in [2.45, 2.75) is 58.5 Å². The highest BCUT2D eigenvalue weighted by Crippen LogP contribution is 2.45. The van der Waals surface area contributed by atoms with Gasteiger partial charge in [-0.25, -0.2) is 9.18 Å². The lowest BCUT2D eigenvalue weighted by molar-refractivity contribution is -0.136. The molecule has 3 aliphatic rings. The number of halogens is 1. The molecule has 0 radical (unpaired) electrons. The minimum absolute atomic E-state index is 0.0942. The molecule has 4 amide bonds. The summed E-state index contributed by atoms with van der Waals surface area (Å²) in [4.78, 5) is 50.9. The Morgan fingerprint density at radius 1 is 1.19 bits per heavy atom. The van der Waals surface area contributed by atoms with E-state index in [0.717, 1.165) is 0 Å². The third-order valence-corrected chi connectivity index (χ3v) is 7.04. The minimum atomic E-state index is -0.974. The Kier molecular flexibility index (Phi) is 5.46. The van der Waals surface area contributed by atoms with Crippen molar-refractivity contribution in [3.05, 3.63) is 34.6 Å². The Bertz CT molecular complexity index is 1000. The lowest BCUT2D eigenvalue weighted by Crippen LogP contribution is -2.52. The molecule has 2 saturated heterocycles. The first-order chi connectivity index (χ1) is 15.0. The van der Waals surface area contributed by atoms with Crippen LogP contribution in [0.2, 0.25) is 0 Å². The molecule has 1 aromatic rings. The number of benzene rings is 1. The summed E-state index contributed by atoms with van der Waals surface area (Å²) in [6.45, 7) is 6.90. The van der Waals surface area contributed by atoms with Gasteiger partial charge in [0, 0.05) is 31.6 Å². The van der Waals surface area contributed by atoms with E-state index in [9.17, 15) is 24.3 Å². The molecule has 0 aromatic heterocycles. The molecule has 4 rings (SSSR count). The maximum atomic E-state index is 15.3. The molecule has 8 nitrogen and oxygen atoms in total. The first kappa shape index (κ1) is 22.2. The molecule has 32 heavy (non-hydrogen) atoms. The number of carboxylic acid groups (broad SMARTS) is 1. The van der Waals surface area contributed by atoms with Crippen molar-refractivity contribution in [2.24, 2.45) is 11.3 Å². The molecule has 0 spiro atoms. The first-order valence-electron chi connectivity index (χ1n) is 10.9. The second kappa shape index (κ2) is 7.86.